The predicted octanol–water partition coefficient (Wildman–Crippen LogP) is 8.65. The topological polar surface area (TPSA) is 36.5 Å². The van der Waals surface area contributed by atoms with Crippen LogP contribution in [0.25, 0.3) is 60.6 Å². The van der Waals surface area contributed by atoms with E-state index in [1.807, 2.05) is 0 Å². The fourth-order valence-electron chi connectivity index (χ4n) is 6.22. The maximum atomic E-state index is 6.74. The number of rotatable bonds is 3. The third-order valence-electron chi connectivity index (χ3n) is 9.06. The van der Waals surface area contributed by atoms with E-state index in [1.165, 1.54) is 21.8 Å². The number of hydrogen-bond acceptors (Lipinski definition) is 3. The Balaban J connectivity index is 1.34. The van der Waals surface area contributed by atoms with Crippen LogP contribution in [0.15, 0.2) is 114 Å². The van der Waals surface area contributed by atoms with Gasteiger partial charge < -0.3 is 18.3 Å². The van der Waals surface area contributed by atoms with Crippen LogP contribution in [0, 0.1) is 0 Å². The van der Waals surface area contributed by atoms with Crippen LogP contribution in [0.5, 0.6) is 0 Å². The van der Waals surface area contributed by atoms with Crippen molar-refractivity contribution in [1.82, 2.24) is 4.57 Å². The minimum Gasteiger partial charge on any atom is -0.456 e. The van der Waals surface area contributed by atoms with Crippen LogP contribution in [-0.4, -0.2) is 22.9 Å². The fraction of sp³-hybridized carbons (Fsp3) is 0.167. The summed E-state index contributed by atoms with van der Waals surface area (Å²) in [6.07, 6.45) is 0. The lowest BCUT2D eigenvalue weighted by Crippen LogP contribution is -2.41. The summed E-state index contributed by atoms with van der Waals surface area (Å²) in [6.45, 7) is 8.31. The first-order valence-corrected chi connectivity index (χ1v) is 14.2. The molecule has 3 heterocycles. The monoisotopic (exact) mass is 535 g/mol. The minimum atomic E-state index is -0.495. The molecule has 0 spiro atoms. The molecule has 8 rings (SSSR count). The van der Waals surface area contributed by atoms with Gasteiger partial charge in [-0.25, -0.2) is 0 Å². The molecule has 1 aliphatic rings. The maximum absolute atomic E-state index is 6.74. The fourth-order valence-corrected chi connectivity index (χ4v) is 6.22. The second-order valence-electron chi connectivity index (χ2n) is 12.0. The van der Waals surface area contributed by atoms with Crippen LogP contribution in [0.1, 0.15) is 27.7 Å². The molecule has 41 heavy (non-hydrogen) atoms. The quantitative estimate of drug-likeness (QED) is 0.213. The SMILES string of the molecule is CC1(C)OB(c2cccc3c2oc2c(-c4ccc5c6ccccc6n(-c6ccccc6)c5c4)cccc23)OC1(C)C. The Labute approximate surface area is 239 Å². The van der Waals surface area contributed by atoms with Gasteiger partial charge in [0, 0.05) is 38.3 Å². The second-order valence-corrected chi connectivity index (χ2v) is 12.0. The molecule has 1 aliphatic heterocycles. The van der Waals surface area contributed by atoms with Gasteiger partial charge in [0.25, 0.3) is 0 Å². The largest absolute Gasteiger partial charge is 0.498 e. The molecule has 0 N–H and O–H groups in total. The van der Waals surface area contributed by atoms with Crippen molar-refractivity contribution in [1.29, 1.82) is 0 Å². The Hall–Kier alpha value is -4.32. The Kier molecular flexibility index (Phi) is 5.13. The third kappa shape index (κ3) is 3.56. The van der Waals surface area contributed by atoms with Gasteiger partial charge in [0.05, 0.1) is 22.2 Å². The molecule has 1 fully saturated rings. The van der Waals surface area contributed by atoms with E-state index in [-0.39, 0.29) is 0 Å². The van der Waals surface area contributed by atoms with Crippen molar-refractivity contribution < 1.29 is 13.7 Å². The number of benzene rings is 5. The van der Waals surface area contributed by atoms with Gasteiger partial charge in [-0.2, -0.15) is 0 Å². The van der Waals surface area contributed by atoms with Crippen molar-refractivity contribution >= 4 is 56.3 Å². The molecule has 1 saturated heterocycles. The molecule has 0 radical (unpaired) electrons. The lowest BCUT2D eigenvalue weighted by atomic mass is 9.78. The molecular formula is C36H30BNO3. The van der Waals surface area contributed by atoms with Crippen LogP contribution in [-0.2, 0) is 9.31 Å². The van der Waals surface area contributed by atoms with Gasteiger partial charge in [0.1, 0.15) is 11.2 Å². The Morgan fingerprint density at radius 1 is 0.561 bits per heavy atom. The standard InChI is InChI=1S/C36H30BNO3/c1-35(2)36(3,4)41-37(40-35)30-18-11-17-29-28-16-10-15-25(33(28)39-34(29)30)23-20-21-27-26-14-8-9-19-31(26)38(32(27)22-23)24-12-6-5-7-13-24/h5-22H,1-4H3. The maximum Gasteiger partial charge on any atom is 0.498 e. The Morgan fingerprint density at radius 2 is 1.20 bits per heavy atom. The van der Waals surface area contributed by atoms with Crippen molar-refractivity contribution in [2.45, 2.75) is 38.9 Å². The normalized spacial score (nSPS) is 16.4. The summed E-state index contributed by atoms with van der Waals surface area (Å²) in [5, 5.41) is 4.62. The molecule has 0 bridgehead atoms. The number of aromatic nitrogens is 1. The molecule has 0 unspecified atom stereocenters. The smallest absolute Gasteiger partial charge is 0.456 e. The van der Waals surface area contributed by atoms with Gasteiger partial charge in [-0.3, -0.25) is 0 Å². The summed E-state index contributed by atoms with van der Waals surface area (Å²) >= 11 is 0. The number of para-hydroxylation sites is 4. The molecule has 7 aromatic rings. The van der Waals surface area contributed by atoms with Gasteiger partial charge >= 0.3 is 7.12 Å². The summed E-state index contributed by atoms with van der Waals surface area (Å²) in [5.74, 6) is 0. The van der Waals surface area contributed by atoms with E-state index in [2.05, 4.69) is 141 Å². The summed E-state index contributed by atoms with van der Waals surface area (Å²) in [5.41, 5.74) is 7.42. The molecule has 0 atom stereocenters. The molecule has 5 heteroatoms. The molecule has 200 valence electrons. The Morgan fingerprint density at radius 3 is 1.98 bits per heavy atom. The van der Waals surface area contributed by atoms with E-state index in [4.69, 9.17) is 13.7 Å². The predicted molar refractivity (Wildman–Crippen MR) is 169 cm³/mol. The highest BCUT2D eigenvalue weighted by Gasteiger charge is 2.52. The van der Waals surface area contributed by atoms with Crippen molar-refractivity contribution in [2.75, 3.05) is 0 Å². The number of furan rings is 1. The van der Waals surface area contributed by atoms with Crippen LogP contribution < -0.4 is 5.46 Å². The third-order valence-corrected chi connectivity index (χ3v) is 9.06. The van der Waals surface area contributed by atoms with Gasteiger partial charge in [-0.15, -0.1) is 0 Å². The summed E-state index contributed by atoms with van der Waals surface area (Å²) in [7, 11) is -0.495. The van der Waals surface area contributed by atoms with E-state index in [9.17, 15) is 0 Å². The number of hydrogen-bond donors (Lipinski definition) is 0. The molecule has 0 amide bonds. The van der Waals surface area contributed by atoms with Crippen LogP contribution >= 0.6 is 0 Å². The van der Waals surface area contributed by atoms with Gasteiger partial charge in [0.2, 0.25) is 0 Å². The zero-order chi connectivity index (χ0) is 27.9. The number of fused-ring (bicyclic) bond motifs is 6. The van der Waals surface area contributed by atoms with Crippen molar-refractivity contribution in [3.8, 4) is 16.8 Å². The van der Waals surface area contributed by atoms with E-state index < -0.39 is 18.3 Å². The zero-order valence-electron chi connectivity index (χ0n) is 23.6. The van der Waals surface area contributed by atoms with Gasteiger partial charge in [-0.05, 0) is 57.5 Å². The average molecular weight is 535 g/mol. The summed E-state index contributed by atoms with van der Waals surface area (Å²) < 4.78 is 21.9. The van der Waals surface area contributed by atoms with Crippen LogP contribution in [0.4, 0.5) is 0 Å². The number of nitrogens with zero attached hydrogens (tertiary/aromatic N) is 1. The minimum absolute atomic E-state index is 0.427. The average Bonchev–Trinajstić information content (AvgIpc) is 3.59. The van der Waals surface area contributed by atoms with Crippen molar-refractivity contribution in [2.24, 2.45) is 0 Å². The summed E-state index contributed by atoms with van der Waals surface area (Å²) in [6, 6.07) is 38.6. The van der Waals surface area contributed by atoms with E-state index >= 15 is 0 Å². The molecule has 0 saturated carbocycles. The molecule has 2 aromatic heterocycles. The first kappa shape index (κ1) is 24.5. The Bertz CT molecular complexity index is 2100. The first-order valence-electron chi connectivity index (χ1n) is 14.2. The highest BCUT2D eigenvalue weighted by atomic mass is 16.7. The van der Waals surface area contributed by atoms with Crippen LogP contribution in [0.2, 0.25) is 0 Å². The van der Waals surface area contributed by atoms with Crippen LogP contribution in [0.3, 0.4) is 0 Å². The van der Waals surface area contributed by atoms with Gasteiger partial charge in [0.15, 0.2) is 0 Å². The summed E-state index contributed by atoms with van der Waals surface area (Å²) in [4.78, 5) is 0. The lowest BCUT2D eigenvalue weighted by molar-refractivity contribution is 0.00578. The van der Waals surface area contributed by atoms with E-state index in [0.717, 1.165) is 44.2 Å². The lowest BCUT2D eigenvalue weighted by Gasteiger charge is -2.32. The molecular weight excluding hydrogens is 505 g/mol. The molecule has 0 aliphatic carbocycles. The van der Waals surface area contributed by atoms with Crippen molar-refractivity contribution in [3.63, 3.8) is 0 Å². The van der Waals surface area contributed by atoms with Crippen molar-refractivity contribution in [3.05, 3.63) is 109 Å². The van der Waals surface area contributed by atoms with E-state index in [1.54, 1.807) is 0 Å². The highest BCUT2D eigenvalue weighted by molar-refractivity contribution is 6.65. The van der Waals surface area contributed by atoms with E-state index in [0.29, 0.717) is 0 Å². The second kappa shape index (κ2) is 8.59. The highest BCUT2D eigenvalue weighted by Crippen LogP contribution is 2.41. The van der Waals surface area contributed by atoms with Gasteiger partial charge in [-0.1, -0.05) is 84.9 Å². The molecule has 5 aromatic carbocycles. The zero-order valence-corrected chi connectivity index (χ0v) is 23.6. The molecule has 4 nitrogen and oxygen atoms in total. The first-order chi connectivity index (χ1) is 19.8.